The number of carbonyl (C=O) groups is 3. The number of amides is 3. The number of para-hydroxylation sites is 1. The third-order valence-electron chi connectivity index (χ3n) is 5.01. The molecule has 0 aromatic heterocycles. The maximum atomic E-state index is 12.4. The van der Waals surface area contributed by atoms with Crippen LogP contribution in [-0.4, -0.2) is 51.4 Å². The van der Waals surface area contributed by atoms with Crippen molar-refractivity contribution in [3.63, 3.8) is 0 Å². The Hall–Kier alpha value is -5.32. The molecular weight excluding hydrogens is 504 g/mol. The van der Waals surface area contributed by atoms with Gasteiger partial charge in [0, 0.05) is 16.9 Å². The Morgan fingerprint density at radius 2 is 1.49 bits per heavy atom. The summed E-state index contributed by atoms with van der Waals surface area (Å²) in [5.41, 5.74) is 3.54. The van der Waals surface area contributed by atoms with Crippen LogP contribution in [0.1, 0.15) is 5.56 Å². The van der Waals surface area contributed by atoms with Crippen molar-refractivity contribution in [2.24, 2.45) is 5.10 Å². The van der Waals surface area contributed by atoms with Crippen LogP contribution in [-0.2, 0) is 14.4 Å². The first-order valence-corrected chi connectivity index (χ1v) is 11.6. The van der Waals surface area contributed by atoms with Gasteiger partial charge in [0.2, 0.25) is 0 Å². The van der Waals surface area contributed by atoms with E-state index < -0.39 is 17.7 Å². The molecule has 3 N–H and O–H groups in total. The van der Waals surface area contributed by atoms with E-state index in [1.165, 1.54) is 13.3 Å². The molecule has 0 heterocycles. The molecule has 3 amide bonds. The largest absolute Gasteiger partial charge is 0.497 e. The lowest BCUT2D eigenvalue weighted by atomic mass is 10.2. The van der Waals surface area contributed by atoms with Crippen molar-refractivity contribution < 1.29 is 33.3 Å². The first-order chi connectivity index (χ1) is 18.9. The molecular formula is C28H28N4O7. The maximum absolute atomic E-state index is 12.4. The molecule has 0 aliphatic carbocycles. The van der Waals surface area contributed by atoms with Crippen molar-refractivity contribution in [1.29, 1.82) is 0 Å². The molecule has 3 aromatic carbocycles. The number of hydrazone groups is 1. The van der Waals surface area contributed by atoms with Crippen LogP contribution in [0, 0.1) is 0 Å². The zero-order valence-corrected chi connectivity index (χ0v) is 21.4. The minimum absolute atomic E-state index is 0.228. The Morgan fingerprint density at radius 1 is 0.821 bits per heavy atom. The molecule has 0 aliphatic heterocycles. The molecule has 11 nitrogen and oxygen atoms in total. The van der Waals surface area contributed by atoms with Gasteiger partial charge in [0.1, 0.15) is 18.1 Å². The first-order valence-electron chi connectivity index (χ1n) is 11.6. The summed E-state index contributed by atoms with van der Waals surface area (Å²) in [5.74, 6) is -0.468. The van der Waals surface area contributed by atoms with Crippen LogP contribution in [0.15, 0.2) is 84.5 Å². The summed E-state index contributed by atoms with van der Waals surface area (Å²) >= 11 is 0. The normalized spacial score (nSPS) is 10.3. The maximum Gasteiger partial charge on any atom is 0.329 e. The predicted octanol–water partition coefficient (Wildman–Crippen LogP) is 3.37. The Morgan fingerprint density at radius 3 is 2.13 bits per heavy atom. The second-order valence-electron chi connectivity index (χ2n) is 7.72. The molecule has 0 unspecified atom stereocenters. The highest BCUT2D eigenvalue weighted by Gasteiger charge is 2.15. The van der Waals surface area contributed by atoms with Gasteiger partial charge in [-0.15, -0.1) is 0 Å². The van der Waals surface area contributed by atoms with Crippen molar-refractivity contribution in [2.45, 2.75) is 0 Å². The zero-order chi connectivity index (χ0) is 28.0. The van der Waals surface area contributed by atoms with E-state index in [1.807, 2.05) is 0 Å². The topological polar surface area (TPSA) is 137 Å². The number of nitrogens with one attached hydrogen (secondary N) is 3. The molecule has 0 fully saturated rings. The quantitative estimate of drug-likeness (QED) is 0.141. The molecule has 3 rings (SSSR count). The molecule has 0 atom stereocenters. The van der Waals surface area contributed by atoms with E-state index in [0.717, 1.165) is 0 Å². The van der Waals surface area contributed by atoms with Crippen molar-refractivity contribution in [3.8, 4) is 23.0 Å². The van der Waals surface area contributed by atoms with Gasteiger partial charge in [-0.3, -0.25) is 14.4 Å². The summed E-state index contributed by atoms with van der Waals surface area (Å²) in [7, 11) is 3.00. The van der Waals surface area contributed by atoms with E-state index in [9.17, 15) is 14.4 Å². The number of hydrogen-bond donors (Lipinski definition) is 3. The van der Waals surface area contributed by atoms with E-state index in [1.54, 1.807) is 79.9 Å². The van der Waals surface area contributed by atoms with Gasteiger partial charge >= 0.3 is 11.8 Å². The summed E-state index contributed by atoms with van der Waals surface area (Å²) in [6.45, 7) is 3.60. The zero-order valence-electron chi connectivity index (χ0n) is 21.4. The van der Waals surface area contributed by atoms with Crippen molar-refractivity contribution in [2.75, 3.05) is 38.1 Å². The minimum Gasteiger partial charge on any atom is -0.497 e. The van der Waals surface area contributed by atoms with Crippen molar-refractivity contribution >= 4 is 35.3 Å². The molecule has 0 spiro atoms. The van der Waals surface area contributed by atoms with Crippen LogP contribution < -0.4 is 35.0 Å². The van der Waals surface area contributed by atoms with Gasteiger partial charge in [-0.2, -0.15) is 5.10 Å². The second kappa shape index (κ2) is 14.4. The molecule has 39 heavy (non-hydrogen) atoms. The number of carbonyl (C=O) groups excluding carboxylic acids is 3. The lowest BCUT2D eigenvalue weighted by molar-refractivity contribution is -0.136. The van der Waals surface area contributed by atoms with Gasteiger partial charge in [-0.25, -0.2) is 5.43 Å². The SMILES string of the molecule is C=CCOc1ccc(NC(=O)C(=O)N/N=C\c2cccc(OC)c2OCC(=O)Nc2ccc(OC)cc2)cc1. The fourth-order valence-corrected chi connectivity index (χ4v) is 3.15. The third kappa shape index (κ3) is 8.64. The summed E-state index contributed by atoms with van der Waals surface area (Å²) in [4.78, 5) is 36.8. The minimum atomic E-state index is -0.984. The van der Waals surface area contributed by atoms with Crippen LogP contribution in [0.2, 0.25) is 0 Å². The highest BCUT2D eigenvalue weighted by Crippen LogP contribution is 2.30. The van der Waals surface area contributed by atoms with Gasteiger partial charge in [0.15, 0.2) is 18.1 Å². The van der Waals surface area contributed by atoms with E-state index >= 15 is 0 Å². The third-order valence-corrected chi connectivity index (χ3v) is 5.01. The lowest BCUT2D eigenvalue weighted by Crippen LogP contribution is -2.32. The van der Waals surface area contributed by atoms with Crippen LogP contribution in [0.5, 0.6) is 23.0 Å². The fraction of sp³-hybridized carbons (Fsp3) is 0.143. The lowest BCUT2D eigenvalue weighted by Gasteiger charge is -2.13. The van der Waals surface area contributed by atoms with E-state index in [4.69, 9.17) is 18.9 Å². The van der Waals surface area contributed by atoms with E-state index in [2.05, 4.69) is 27.7 Å². The van der Waals surface area contributed by atoms with Crippen molar-refractivity contribution in [3.05, 3.63) is 84.9 Å². The number of ether oxygens (including phenoxy) is 4. The molecule has 0 radical (unpaired) electrons. The van der Waals surface area contributed by atoms with Crippen molar-refractivity contribution in [1.82, 2.24) is 5.43 Å². The number of rotatable bonds is 12. The molecule has 0 saturated heterocycles. The Labute approximate surface area is 225 Å². The second-order valence-corrected chi connectivity index (χ2v) is 7.72. The van der Waals surface area contributed by atoms with Gasteiger partial charge < -0.3 is 29.6 Å². The van der Waals surface area contributed by atoms with Gasteiger partial charge in [-0.05, 0) is 60.7 Å². The van der Waals surface area contributed by atoms with Crippen LogP contribution in [0.3, 0.4) is 0 Å². The summed E-state index contributed by atoms with van der Waals surface area (Å²) in [6.07, 6.45) is 2.89. The van der Waals surface area contributed by atoms with Gasteiger partial charge in [-0.1, -0.05) is 18.7 Å². The molecule has 202 valence electrons. The predicted molar refractivity (Wildman–Crippen MR) is 147 cm³/mol. The van der Waals surface area contributed by atoms with E-state index in [0.29, 0.717) is 40.8 Å². The van der Waals surface area contributed by atoms with Crippen LogP contribution in [0.25, 0.3) is 0 Å². The standard InChI is InChI=1S/C28H28N4O7/c1-4-16-38-23-14-10-21(11-15-23)31-27(34)28(35)32-29-17-19-6-5-7-24(37-3)26(19)39-18-25(33)30-20-8-12-22(36-2)13-9-20/h4-15,17H,1,16,18H2,2-3H3,(H,30,33)(H,31,34)(H,32,35)/b29-17-. The number of benzene rings is 3. The highest BCUT2D eigenvalue weighted by atomic mass is 16.5. The number of anilines is 2. The first kappa shape index (κ1) is 28.3. The van der Waals surface area contributed by atoms with E-state index in [-0.39, 0.29) is 12.4 Å². The summed E-state index contributed by atoms with van der Waals surface area (Å²) in [6, 6.07) is 18.3. The monoisotopic (exact) mass is 532 g/mol. The Balaban J connectivity index is 1.57. The fourth-order valence-electron chi connectivity index (χ4n) is 3.15. The molecule has 0 bridgehead atoms. The molecule has 0 saturated carbocycles. The van der Waals surface area contributed by atoms with Crippen LogP contribution in [0.4, 0.5) is 11.4 Å². The Bertz CT molecular complexity index is 1320. The van der Waals surface area contributed by atoms with Gasteiger partial charge in [0.05, 0.1) is 20.4 Å². The van der Waals surface area contributed by atoms with Crippen LogP contribution >= 0.6 is 0 Å². The summed E-state index contributed by atoms with van der Waals surface area (Å²) in [5, 5.41) is 9.02. The number of hydrogen-bond acceptors (Lipinski definition) is 8. The molecule has 11 heteroatoms. The van der Waals surface area contributed by atoms with Gasteiger partial charge in [0.25, 0.3) is 5.91 Å². The molecule has 3 aromatic rings. The molecule has 0 aliphatic rings. The highest BCUT2D eigenvalue weighted by molar-refractivity contribution is 6.39. The number of nitrogens with zero attached hydrogens (tertiary/aromatic N) is 1. The Kier molecular flexibility index (Phi) is 10.5. The number of methoxy groups -OCH3 is 2. The average molecular weight is 533 g/mol. The smallest absolute Gasteiger partial charge is 0.329 e. The average Bonchev–Trinajstić information content (AvgIpc) is 2.96. The summed E-state index contributed by atoms with van der Waals surface area (Å²) < 4.78 is 21.5.